The van der Waals surface area contributed by atoms with Crippen molar-refractivity contribution in [3.05, 3.63) is 29.2 Å². The zero-order chi connectivity index (χ0) is 24.9. The Labute approximate surface area is 197 Å². The van der Waals surface area contributed by atoms with E-state index < -0.39 is 29.4 Å². The lowest BCUT2D eigenvalue weighted by Crippen LogP contribution is -2.52. The third-order valence-electron chi connectivity index (χ3n) is 6.65. The summed E-state index contributed by atoms with van der Waals surface area (Å²) in [6.07, 6.45) is -3.40. The average Bonchev–Trinajstić information content (AvgIpc) is 3.15. The van der Waals surface area contributed by atoms with Crippen molar-refractivity contribution in [3.8, 4) is 0 Å². The molecule has 1 saturated carbocycles. The van der Waals surface area contributed by atoms with E-state index in [4.69, 9.17) is 14.6 Å². The van der Waals surface area contributed by atoms with Crippen LogP contribution in [0.25, 0.3) is 5.65 Å². The number of halogens is 3. The number of rotatable bonds is 2. The first-order valence-electron chi connectivity index (χ1n) is 11.8. The van der Waals surface area contributed by atoms with Crippen molar-refractivity contribution in [2.75, 3.05) is 19.7 Å². The SMILES string of the molecule is Cc1cc(C2(C)CN(C(=O)OC(C)(C)C)CCO2)n2nc(C3CCC(C(F)(F)F)CC3)cc2n1. The summed E-state index contributed by atoms with van der Waals surface area (Å²) in [7, 11) is 0. The van der Waals surface area contributed by atoms with Crippen molar-refractivity contribution in [2.45, 2.75) is 83.6 Å². The van der Waals surface area contributed by atoms with Crippen LogP contribution in [-0.4, -0.2) is 57.1 Å². The molecule has 2 aliphatic rings. The number of carbonyl (C=O) groups excluding carboxylic acids is 1. The summed E-state index contributed by atoms with van der Waals surface area (Å²) < 4.78 is 52.7. The molecule has 1 aliphatic carbocycles. The lowest BCUT2D eigenvalue weighted by Gasteiger charge is -2.40. The number of alkyl halides is 3. The summed E-state index contributed by atoms with van der Waals surface area (Å²) in [6, 6.07) is 3.76. The fraction of sp³-hybridized carbons (Fsp3) is 0.708. The second-order valence-electron chi connectivity index (χ2n) is 10.7. The predicted molar refractivity (Wildman–Crippen MR) is 120 cm³/mol. The first-order chi connectivity index (χ1) is 15.7. The molecule has 0 N–H and O–H groups in total. The van der Waals surface area contributed by atoms with E-state index in [2.05, 4.69) is 4.98 Å². The van der Waals surface area contributed by atoms with Gasteiger partial charge in [-0.3, -0.25) is 0 Å². The van der Waals surface area contributed by atoms with E-state index in [9.17, 15) is 18.0 Å². The van der Waals surface area contributed by atoms with E-state index in [1.54, 1.807) is 9.42 Å². The summed E-state index contributed by atoms with van der Waals surface area (Å²) in [5.41, 5.74) is 1.45. The summed E-state index contributed by atoms with van der Waals surface area (Å²) in [6.45, 7) is 10.3. The maximum atomic E-state index is 13.1. The van der Waals surface area contributed by atoms with E-state index in [-0.39, 0.29) is 25.3 Å². The van der Waals surface area contributed by atoms with Gasteiger partial charge in [-0.15, -0.1) is 0 Å². The third-order valence-corrected chi connectivity index (χ3v) is 6.65. The Balaban J connectivity index is 1.60. The number of carbonyl (C=O) groups is 1. The van der Waals surface area contributed by atoms with Gasteiger partial charge in [-0.2, -0.15) is 18.3 Å². The molecular weight excluding hydrogens is 449 g/mol. The van der Waals surface area contributed by atoms with Crippen LogP contribution in [0.4, 0.5) is 18.0 Å². The number of fused-ring (bicyclic) bond motifs is 1. The molecule has 0 aromatic carbocycles. The zero-order valence-electron chi connectivity index (χ0n) is 20.4. The molecule has 0 spiro atoms. The van der Waals surface area contributed by atoms with Crippen LogP contribution in [0.1, 0.15) is 76.4 Å². The molecule has 2 fully saturated rings. The van der Waals surface area contributed by atoms with Gasteiger partial charge in [0.15, 0.2) is 5.65 Å². The van der Waals surface area contributed by atoms with Crippen molar-refractivity contribution in [2.24, 2.45) is 5.92 Å². The molecule has 1 unspecified atom stereocenters. The van der Waals surface area contributed by atoms with E-state index >= 15 is 0 Å². The van der Waals surface area contributed by atoms with Crippen LogP contribution in [0.3, 0.4) is 0 Å². The minimum Gasteiger partial charge on any atom is -0.444 e. The van der Waals surface area contributed by atoms with Gasteiger partial charge in [0.2, 0.25) is 0 Å². The number of hydrogen-bond donors (Lipinski definition) is 0. The minimum absolute atomic E-state index is 0.0354. The number of amides is 1. The molecule has 188 valence electrons. The van der Waals surface area contributed by atoms with Gasteiger partial charge < -0.3 is 14.4 Å². The van der Waals surface area contributed by atoms with Gasteiger partial charge in [-0.25, -0.2) is 14.3 Å². The average molecular weight is 483 g/mol. The van der Waals surface area contributed by atoms with Crippen molar-refractivity contribution < 1.29 is 27.4 Å². The second kappa shape index (κ2) is 8.70. The molecule has 1 aliphatic heterocycles. The van der Waals surface area contributed by atoms with Crippen LogP contribution in [0, 0.1) is 12.8 Å². The molecule has 4 rings (SSSR count). The number of hydrogen-bond acceptors (Lipinski definition) is 5. The molecule has 1 atom stereocenters. The van der Waals surface area contributed by atoms with Gasteiger partial charge in [-0.05, 0) is 66.4 Å². The molecule has 0 bridgehead atoms. The number of aryl methyl sites for hydroxylation is 1. The van der Waals surface area contributed by atoms with Crippen molar-refractivity contribution in [1.29, 1.82) is 0 Å². The summed E-state index contributed by atoms with van der Waals surface area (Å²) in [5.74, 6) is -1.27. The number of nitrogens with zero attached hydrogens (tertiary/aromatic N) is 4. The Morgan fingerprint density at radius 3 is 2.47 bits per heavy atom. The highest BCUT2D eigenvalue weighted by Crippen LogP contribution is 2.43. The van der Waals surface area contributed by atoms with Gasteiger partial charge in [0.25, 0.3) is 0 Å². The molecule has 2 aromatic rings. The second-order valence-corrected chi connectivity index (χ2v) is 10.7. The number of ether oxygens (including phenoxy) is 2. The maximum Gasteiger partial charge on any atom is 0.410 e. The Morgan fingerprint density at radius 1 is 1.18 bits per heavy atom. The van der Waals surface area contributed by atoms with Crippen LogP contribution < -0.4 is 0 Å². The molecule has 1 saturated heterocycles. The Hall–Kier alpha value is -2.36. The summed E-state index contributed by atoms with van der Waals surface area (Å²) >= 11 is 0. The van der Waals surface area contributed by atoms with Crippen molar-refractivity contribution in [1.82, 2.24) is 19.5 Å². The maximum absolute atomic E-state index is 13.1. The Morgan fingerprint density at radius 2 is 1.85 bits per heavy atom. The van der Waals surface area contributed by atoms with E-state index in [1.807, 2.05) is 46.8 Å². The Bertz CT molecular complexity index is 1050. The first-order valence-corrected chi connectivity index (χ1v) is 11.8. The highest BCUT2D eigenvalue weighted by atomic mass is 19.4. The van der Waals surface area contributed by atoms with Gasteiger partial charge in [0.1, 0.15) is 11.2 Å². The largest absolute Gasteiger partial charge is 0.444 e. The van der Waals surface area contributed by atoms with Crippen LogP contribution in [0.15, 0.2) is 12.1 Å². The zero-order valence-corrected chi connectivity index (χ0v) is 20.4. The van der Waals surface area contributed by atoms with Gasteiger partial charge in [0, 0.05) is 24.2 Å². The lowest BCUT2D eigenvalue weighted by atomic mass is 9.80. The van der Waals surface area contributed by atoms with Crippen molar-refractivity contribution in [3.63, 3.8) is 0 Å². The molecule has 1 amide bonds. The van der Waals surface area contributed by atoms with Crippen molar-refractivity contribution >= 4 is 11.7 Å². The standard InChI is InChI=1S/C24H33F3N4O3/c1-15-12-19(23(5)14-30(10-11-33-23)21(32)34-22(2,3)4)31-20(28-15)13-18(29-31)16-6-8-17(9-7-16)24(25,26)27/h12-13,16-17H,6-11,14H2,1-5H3. The molecule has 0 radical (unpaired) electrons. The topological polar surface area (TPSA) is 69.0 Å². The quantitative estimate of drug-likeness (QED) is 0.577. The van der Waals surface area contributed by atoms with E-state index in [0.717, 1.165) is 17.1 Å². The molecule has 3 heterocycles. The molecule has 2 aromatic heterocycles. The summed E-state index contributed by atoms with van der Waals surface area (Å²) in [5, 5.41) is 4.77. The molecule has 34 heavy (non-hydrogen) atoms. The molecule has 10 heteroatoms. The van der Waals surface area contributed by atoms with E-state index in [0.29, 0.717) is 31.6 Å². The predicted octanol–water partition coefficient (Wildman–Crippen LogP) is 5.36. The van der Waals surface area contributed by atoms with Crippen LogP contribution >= 0.6 is 0 Å². The van der Waals surface area contributed by atoms with Gasteiger partial charge >= 0.3 is 12.3 Å². The lowest BCUT2D eigenvalue weighted by molar-refractivity contribution is -0.182. The monoisotopic (exact) mass is 482 g/mol. The highest BCUT2D eigenvalue weighted by Gasteiger charge is 2.43. The van der Waals surface area contributed by atoms with Crippen LogP contribution in [0.2, 0.25) is 0 Å². The van der Waals surface area contributed by atoms with Crippen LogP contribution in [0.5, 0.6) is 0 Å². The third kappa shape index (κ3) is 5.16. The molecular formula is C24H33F3N4O3. The summed E-state index contributed by atoms with van der Waals surface area (Å²) in [4.78, 5) is 18.9. The van der Waals surface area contributed by atoms with E-state index in [1.165, 1.54) is 0 Å². The number of morpholine rings is 1. The fourth-order valence-electron chi connectivity index (χ4n) is 4.92. The normalized spacial score (nSPS) is 26.6. The van der Waals surface area contributed by atoms with Gasteiger partial charge in [0.05, 0.1) is 30.5 Å². The smallest absolute Gasteiger partial charge is 0.410 e. The van der Waals surface area contributed by atoms with Gasteiger partial charge in [-0.1, -0.05) is 0 Å². The fourth-order valence-corrected chi connectivity index (χ4v) is 4.92. The molecule has 7 nitrogen and oxygen atoms in total. The minimum atomic E-state index is -4.14. The van der Waals surface area contributed by atoms with Crippen LogP contribution in [-0.2, 0) is 15.1 Å². The Kier molecular flexibility index (Phi) is 6.33. The number of aromatic nitrogens is 3. The first kappa shape index (κ1) is 24.8. The highest BCUT2D eigenvalue weighted by molar-refractivity contribution is 5.68.